The molecule has 1 heterocycles. The van der Waals surface area contributed by atoms with Crippen LogP contribution in [0.15, 0.2) is 68.9 Å². The van der Waals surface area contributed by atoms with E-state index >= 15 is 0 Å². The lowest BCUT2D eigenvalue weighted by Gasteiger charge is -2.16. The quantitative estimate of drug-likeness (QED) is 0.717. The molecule has 0 aliphatic heterocycles. The zero-order valence-corrected chi connectivity index (χ0v) is 15.1. The van der Waals surface area contributed by atoms with Crippen molar-refractivity contribution in [2.75, 3.05) is 0 Å². The molecule has 3 rings (SSSR count). The number of hydrogen-bond acceptors (Lipinski definition) is 4. The third kappa shape index (κ3) is 3.05. The highest BCUT2D eigenvalue weighted by atomic mass is 32.2. The summed E-state index contributed by atoms with van der Waals surface area (Å²) in [6.45, 7) is 5.67. The van der Waals surface area contributed by atoms with Gasteiger partial charge in [-0.3, -0.25) is 0 Å². The van der Waals surface area contributed by atoms with Crippen LogP contribution < -0.4 is 5.76 Å². The molecule has 0 aliphatic rings. The first kappa shape index (κ1) is 17.2. The minimum atomic E-state index is -4.03. The van der Waals surface area contributed by atoms with Crippen LogP contribution in [0.3, 0.4) is 0 Å². The summed E-state index contributed by atoms with van der Waals surface area (Å²) in [5.41, 5.74) is 3.20. The molecule has 25 heavy (non-hydrogen) atoms. The molecule has 0 N–H and O–H groups in total. The zero-order valence-electron chi connectivity index (χ0n) is 14.3. The number of rotatable bonds is 4. The highest BCUT2D eigenvalue weighted by Gasteiger charge is 2.27. The molecule has 130 valence electrons. The molecule has 6 heteroatoms. The first-order valence-corrected chi connectivity index (χ1v) is 9.34. The van der Waals surface area contributed by atoms with Crippen LogP contribution in [0.4, 0.5) is 0 Å². The van der Waals surface area contributed by atoms with Crippen LogP contribution in [0.5, 0.6) is 0 Å². The molecule has 2 aromatic carbocycles. The van der Waals surface area contributed by atoms with Gasteiger partial charge in [0.25, 0.3) is 10.0 Å². The van der Waals surface area contributed by atoms with Crippen LogP contribution in [0.1, 0.15) is 35.2 Å². The molecule has 1 unspecified atom stereocenters. The molecule has 0 amide bonds. The fraction of sp³-hybridized carbons (Fsp3) is 0.211. The number of oxazole rings is 1. The van der Waals surface area contributed by atoms with E-state index in [4.69, 9.17) is 4.42 Å². The van der Waals surface area contributed by atoms with E-state index in [1.54, 1.807) is 12.1 Å². The molecule has 0 saturated heterocycles. The number of hydrogen-bond donors (Lipinski definition) is 0. The lowest BCUT2D eigenvalue weighted by Crippen LogP contribution is -2.27. The molecule has 0 radical (unpaired) electrons. The summed E-state index contributed by atoms with van der Waals surface area (Å²) in [6.07, 6.45) is 1.23. The first-order chi connectivity index (χ1) is 11.8. The van der Waals surface area contributed by atoms with E-state index in [0.717, 1.165) is 20.7 Å². The van der Waals surface area contributed by atoms with Crippen molar-refractivity contribution in [1.29, 1.82) is 0 Å². The summed E-state index contributed by atoms with van der Waals surface area (Å²) >= 11 is 0. The monoisotopic (exact) mass is 357 g/mol. The molecule has 0 saturated carbocycles. The Balaban J connectivity index is 2.16. The number of aryl methyl sites for hydroxylation is 2. The lowest BCUT2D eigenvalue weighted by molar-refractivity contribution is 0.503. The summed E-state index contributed by atoms with van der Waals surface area (Å²) in [7, 11) is -4.03. The van der Waals surface area contributed by atoms with E-state index in [1.165, 1.54) is 18.4 Å². The molecular formula is C19H19NO4S. The lowest BCUT2D eigenvalue weighted by atomic mass is 9.94. The molecule has 1 atom stereocenters. The van der Waals surface area contributed by atoms with Crippen molar-refractivity contribution in [1.82, 2.24) is 3.97 Å². The van der Waals surface area contributed by atoms with Crippen LogP contribution in [-0.4, -0.2) is 12.4 Å². The van der Waals surface area contributed by atoms with Crippen LogP contribution in [0.2, 0.25) is 0 Å². The highest BCUT2D eigenvalue weighted by molar-refractivity contribution is 7.90. The van der Waals surface area contributed by atoms with E-state index in [1.807, 2.05) is 45.0 Å². The van der Waals surface area contributed by atoms with E-state index < -0.39 is 15.8 Å². The van der Waals surface area contributed by atoms with Gasteiger partial charge in [0.2, 0.25) is 0 Å². The molecule has 5 nitrogen and oxygen atoms in total. The Morgan fingerprint density at radius 3 is 2.28 bits per heavy atom. The van der Waals surface area contributed by atoms with Gasteiger partial charge in [0.1, 0.15) is 6.26 Å². The van der Waals surface area contributed by atoms with Crippen molar-refractivity contribution in [2.24, 2.45) is 0 Å². The normalized spacial score (nSPS) is 12.9. The Morgan fingerprint density at radius 2 is 1.64 bits per heavy atom. The predicted octanol–water partition coefficient (Wildman–Crippen LogP) is 3.45. The molecule has 0 bridgehead atoms. The van der Waals surface area contributed by atoms with E-state index in [2.05, 4.69) is 0 Å². The fourth-order valence-electron chi connectivity index (χ4n) is 2.87. The number of aromatic nitrogens is 1. The third-order valence-corrected chi connectivity index (χ3v) is 6.05. The average molecular weight is 357 g/mol. The maximum absolute atomic E-state index is 13.0. The second-order valence-corrected chi connectivity index (χ2v) is 7.87. The predicted molar refractivity (Wildman–Crippen MR) is 95.4 cm³/mol. The van der Waals surface area contributed by atoms with Crippen LogP contribution in [0.25, 0.3) is 0 Å². The van der Waals surface area contributed by atoms with Crippen molar-refractivity contribution in [3.05, 3.63) is 87.7 Å². The topological polar surface area (TPSA) is 69.3 Å². The van der Waals surface area contributed by atoms with Gasteiger partial charge in [0, 0.05) is 5.92 Å². The Hall–Kier alpha value is -2.60. The molecule has 0 aliphatic carbocycles. The fourth-order valence-corrected chi connectivity index (χ4v) is 4.28. The molecule has 0 fully saturated rings. The first-order valence-electron chi connectivity index (χ1n) is 7.90. The van der Waals surface area contributed by atoms with Gasteiger partial charge in [-0.25, -0.2) is 13.2 Å². The van der Waals surface area contributed by atoms with Gasteiger partial charge in [-0.1, -0.05) is 48.9 Å². The van der Waals surface area contributed by atoms with Gasteiger partial charge in [0.05, 0.1) is 10.6 Å². The second kappa shape index (κ2) is 6.37. The molecule has 0 spiro atoms. The standard InChI is InChI=1S/C19H19NO4S/c1-13-8-10-16(11-9-13)25(22,23)20-18(12-24-19(20)21)15(3)17-7-5-4-6-14(17)2/h4-12,15H,1-3H3. The summed E-state index contributed by atoms with van der Waals surface area (Å²) in [4.78, 5) is 12.2. The zero-order chi connectivity index (χ0) is 18.2. The average Bonchev–Trinajstić information content (AvgIpc) is 2.97. The maximum atomic E-state index is 13.0. The number of nitrogens with zero attached hydrogens (tertiary/aromatic N) is 1. The SMILES string of the molecule is Cc1ccc(S(=O)(=O)n2c(C(C)c3ccccc3C)coc2=O)cc1. The van der Waals surface area contributed by atoms with Crippen molar-refractivity contribution in [2.45, 2.75) is 31.6 Å². The van der Waals surface area contributed by atoms with Gasteiger partial charge in [-0.2, -0.15) is 3.97 Å². The number of benzene rings is 2. The highest BCUT2D eigenvalue weighted by Crippen LogP contribution is 2.28. The second-order valence-electron chi connectivity index (χ2n) is 6.09. The summed E-state index contributed by atoms with van der Waals surface area (Å²) in [6, 6.07) is 14.0. The maximum Gasteiger partial charge on any atom is 0.433 e. The van der Waals surface area contributed by atoms with Gasteiger partial charge in [-0.15, -0.1) is 0 Å². The molecule has 1 aromatic heterocycles. The smallest absolute Gasteiger partial charge is 0.415 e. The van der Waals surface area contributed by atoms with E-state index in [0.29, 0.717) is 5.69 Å². The largest absolute Gasteiger partial charge is 0.433 e. The Morgan fingerprint density at radius 1 is 1.00 bits per heavy atom. The van der Waals surface area contributed by atoms with E-state index in [-0.39, 0.29) is 10.8 Å². The molecular weight excluding hydrogens is 338 g/mol. The minimum absolute atomic E-state index is 0.0554. The molecule has 3 aromatic rings. The van der Waals surface area contributed by atoms with Gasteiger partial charge >= 0.3 is 5.76 Å². The van der Waals surface area contributed by atoms with Gasteiger partial charge in [0.15, 0.2) is 0 Å². The Bertz CT molecular complexity index is 1060. The van der Waals surface area contributed by atoms with Gasteiger partial charge < -0.3 is 4.42 Å². The Kier molecular flexibility index (Phi) is 4.39. The summed E-state index contributed by atoms with van der Waals surface area (Å²) < 4.78 is 31.6. The van der Waals surface area contributed by atoms with Crippen molar-refractivity contribution < 1.29 is 12.8 Å². The van der Waals surface area contributed by atoms with E-state index in [9.17, 15) is 13.2 Å². The summed E-state index contributed by atoms with van der Waals surface area (Å²) in [5.74, 6) is -1.22. The van der Waals surface area contributed by atoms with Crippen LogP contribution in [-0.2, 0) is 10.0 Å². The van der Waals surface area contributed by atoms with Gasteiger partial charge in [-0.05, 0) is 37.1 Å². The van der Waals surface area contributed by atoms with Crippen molar-refractivity contribution in [3.63, 3.8) is 0 Å². The Labute approximate surface area is 146 Å². The van der Waals surface area contributed by atoms with Crippen LogP contribution in [0, 0.1) is 13.8 Å². The van der Waals surface area contributed by atoms with Crippen LogP contribution >= 0.6 is 0 Å². The van der Waals surface area contributed by atoms with Crippen molar-refractivity contribution in [3.8, 4) is 0 Å². The minimum Gasteiger partial charge on any atom is -0.415 e. The third-order valence-electron chi connectivity index (χ3n) is 4.34. The summed E-state index contributed by atoms with van der Waals surface area (Å²) in [5, 5.41) is 0. The van der Waals surface area contributed by atoms with Crippen molar-refractivity contribution >= 4 is 10.0 Å².